The third-order valence-electron chi connectivity index (χ3n) is 5.78. The summed E-state index contributed by atoms with van der Waals surface area (Å²) in [6.07, 6.45) is -13.1. The van der Waals surface area contributed by atoms with Crippen LogP contribution in [0.3, 0.4) is 0 Å². The number of halogens is 6. The summed E-state index contributed by atoms with van der Waals surface area (Å²) in [7, 11) is 0. The third kappa shape index (κ3) is 4.66. The van der Waals surface area contributed by atoms with Gasteiger partial charge >= 0.3 is 0 Å². The minimum atomic E-state index is -3.71. The predicted octanol–water partition coefficient (Wildman–Crippen LogP) is 5.37. The van der Waals surface area contributed by atoms with E-state index in [-0.39, 0.29) is 22.0 Å². The van der Waals surface area contributed by atoms with Gasteiger partial charge < -0.3 is 15.8 Å². The Labute approximate surface area is 185 Å². The Balaban J connectivity index is 2.34. The molecule has 0 aliphatic carbocycles. The lowest BCUT2D eigenvalue weighted by molar-refractivity contribution is -0.0153. The number of nitrogens with one attached hydrogen (secondary N) is 1. The van der Waals surface area contributed by atoms with E-state index in [4.69, 9.17) is 5.73 Å². The van der Waals surface area contributed by atoms with Crippen molar-refractivity contribution in [3.8, 4) is 0 Å². The van der Waals surface area contributed by atoms with Crippen molar-refractivity contribution in [1.29, 1.82) is 0 Å². The second-order valence-corrected chi connectivity index (χ2v) is 8.50. The van der Waals surface area contributed by atoms with Crippen molar-refractivity contribution in [2.24, 2.45) is 5.73 Å². The number of alkyl halides is 6. The number of fused-ring (bicyclic) bond motifs is 3. The standard InChI is InChI=1S/C23H24F6N2O2/c1-23(2,33)10-3-4-11-15(9-10)31-20-12(5-6-13(16(11)20)22(30)32)17(14(25)7-8-24)18(26)19(27)21(28)29/h3-6,9,14,17-19,21,31,33H,7-8H2,1-2H3,(H2,30,32). The highest BCUT2D eigenvalue weighted by molar-refractivity contribution is 6.18. The van der Waals surface area contributed by atoms with Gasteiger partial charge in [-0.1, -0.05) is 18.2 Å². The van der Waals surface area contributed by atoms with E-state index >= 15 is 0 Å². The van der Waals surface area contributed by atoms with Crippen LogP contribution in [-0.4, -0.2) is 47.6 Å². The van der Waals surface area contributed by atoms with Crippen LogP contribution in [0.5, 0.6) is 0 Å². The third-order valence-corrected chi connectivity index (χ3v) is 5.78. The van der Waals surface area contributed by atoms with Crippen LogP contribution >= 0.6 is 0 Å². The number of amides is 1. The number of hydrogen-bond acceptors (Lipinski definition) is 2. The predicted molar refractivity (Wildman–Crippen MR) is 114 cm³/mol. The quantitative estimate of drug-likeness (QED) is 0.365. The summed E-state index contributed by atoms with van der Waals surface area (Å²) < 4.78 is 82.4. The highest BCUT2D eigenvalue weighted by atomic mass is 19.3. The lowest BCUT2D eigenvalue weighted by atomic mass is 9.84. The molecule has 0 spiro atoms. The summed E-state index contributed by atoms with van der Waals surface area (Å²) in [6, 6.07) is 6.98. The molecule has 4 nitrogen and oxygen atoms in total. The number of H-pyrrole nitrogens is 1. The van der Waals surface area contributed by atoms with E-state index in [9.17, 15) is 36.2 Å². The summed E-state index contributed by atoms with van der Waals surface area (Å²) in [6.45, 7) is 1.87. The number of carbonyl (C=O) groups is 1. The number of hydrogen-bond donors (Lipinski definition) is 3. The molecule has 180 valence electrons. The van der Waals surface area contributed by atoms with Crippen LogP contribution in [0.15, 0.2) is 30.3 Å². The number of primary amides is 1. The van der Waals surface area contributed by atoms with Crippen LogP contribution in [0, 0.1) is 0 Å². The topological polar surface area (TPSA) is 79.1 Å². The molecule has 3 aromatic rings. The first kappa shape index (κ1) is 24.9. The van der Waals surface area contributed by atoms with E-state index in [2.05, 4.69) is 4.98 Å². The Kier molecular flexibility index (Phi) is 6.97. The zero-order valence-corrected chi connectivity index (χ0v) is 17.9. The van der Waals surface area contributed by atoms with Crippen molar-refractivity contribution in [3.05, 3.63) is 47.0 Å². The molecule has 0 fully saturated rings. The van der Waals surface area contributed by atoms with Crippen LogP contribution in [-0.2, 0) is 5.60 Å². The summed E-state index contributed by atoms with van der Waals surface area (Å²) in [5.41, 5.74) is 4.81. The molecule has 0 saturated heterocycles. The average molecular weight is 474 g/mol. The summed E-state index contributed by atoms with van der Waals surface area (Å²) in [5, 5.41) is 10.9. The molecule has 2 aromatic carbocycles. The highest BCUT2D eigenvalue weighted by Gasteiger charge is 2.42. The first-order valence-electron chi connectivity index (χ1n) is 10.3. The fraction of sp³-hybridized carbons (Fsp3) is 0.435. The lowest BCUT2D eigenvalue weighted by Crippen LogP contribution is -2.35. The number of nitrogens with two attached hydrogens (primary N) is 1. The van der Waals surface area contributed by atoms with Crippen LogP contribution in [0.25, 0.3) is 21.8 Å². The zero-order valence-electron chi connectivity index (χ0n) is 17.9. The largest absolute Gasteiger partial charge is 0.386 e. The molecule has 0 aliphatic heterocycles. The molecular formula is C23H24F6N2O2. The molecule has 1 amide bonds. The number of aliphatic hydroxyl groups is 1. The minimum absolute atomic E-state index is 0.00943. The Bertz CT molecular complexity index is 1160. The average Bonchev–Trinajstić information content (AvgIpc) is 3.11. The van der Waals surface area contributed by atoms with Crippen molar-refractivity contribution in [1.82, 2.24) is 4.98 Å². The van der Waals surface area contributed by atoms with Gasteiger partial charge in [-0.2, -0.15) is 0 Å². The molecule has 4 unspecified atom stereocenters. The molecule has 1 aromatic heterocycles. The van der Waals surface area contributed by atoms with Crippen molar-refractivity contribution >= 4 is 27.7 Å². The highest BCUT2D eigenvalue weighted by Crippen LogP contribution is 2.41. The molecule has 4 N–H and O–H groups in total. The van der Waals surface area contributed by atoms with Gasteiger partial charge in [-0.05, 0) is 37.1 Å². The van der Waals surface area contributed by atoms with Gasteiger partial charge in [0.15, 0.2) is 6.17 Å². The molecule has 1 heterocycles. The number of aromatic nitrogens is 1. The van der Waals surface area contributed by atoms with Crippen molar-refractivity contribution in [3.63, 3.8) is 0 Å². The van der Waals surface area contributed by atoms with Gasteiger partial charge in [0.1, 0.15) is 12.3 Å². The second-order valence-electron chi connectivity index (χ2n) is 8.50. The summed E-state index contributed by atoms with van der Waals surface area (Å²) >= 11 is 0. The van der Waals surface area contributed by atoms with Crippen LogP contribution < -0.4 is 5.73 Å². The number of rotatable bonds is 9. The van der Waals surface area contributed by atoms with Gasteiger partial charge in [0.05, 0.1) is 23.7 Å². The monoisotopic (exact) mass is 474 g/mol. The Morgan fingerprint density at radius 3 is 2.30 bits per heavy atom. The Hall–Kier alpha value is -2.75. The molecule has 0 bridgehead atoms. The van der Waals surface area contributed by atoms with Gasteiger partial charge in [0, 0.05) is 28.3 Å². The maximum atomic E-state index is 14.9. The molecule has 33 heavy (non-hydrogen) atoms. The molecule has 3 rings (SSSR count). The first-order chi connectivity index (χ1) is 15.4. The smallest absolute Gasteiger partial charge is 0.272 e. The van der Waals surface area contributed by atoms with Crippen molar-refractivity contribution in [2.75, 3.05) is 6.67 Å². The van der Waals surface area contributed by atoms with Crippen LogP contribution in [0.2, 0.25) is 0 Å². The van der Waals surface area contributed by atoms with Crippen molar-refractivity contribution in [2.45, 2.75) is 56.7 Å². The molecule has 4 atom stereocenters. The lowest BCUT2D eigenvalue weighted by Gasteiger charge is -2.27. The summed E-state index contributed by atoms with van der Waals surface area (Å²) in [5.74, 6) is -2.93. The van der Waals surface area contributed by atoms with E-state index in [0.29, 0.717) is 16.5 Å². The first-order valence-corrected chi connectivity index (χ1v) is 10.3. The molecule has 10 heteroatoms. The molecule has 0 saturated carbocycles. The molecule has 0 radical (unpaired) electrons. The fourth-order valence-electron chi connectivity index (χ4n) is 4.08. The maximum Gasteiger partial charge on any atom is 0.272 e. The van der Waals surface area contributed by atoms with Crippen LogP contribution in [0.4, 0.5) is 26.3 Å². The Morgan fingerprint density at radius 1 is 1.09 bits per heavy atom. The van der Waals surface area contributed by atoms with Gasteiger partial charge in [0.2, 0.25) is 5.91 Å². The van der Waals surface area contributed by atoms with E-state index in [1.807, 2.05) is 0 Å². The zero-order chi connectivity index (χ0) is 24.7. The van der Waals surface area contributed by atoms with E-state index in [1.165, 1.54) is 19.9 Å². The van der Waals surface area contributed by atoms with E-state index in [1.54, 1.807) is 18.2 Å². The SMILES string of the molecule is CC(C)(O)c1ccc2c(c1)[nH]c1c(C(C(F)CCF)C(F)C(F)C(F)F)ccc(C(N)=O)c12. The maximum absolute atomic E-state index is 14.9. The van der Waals surface area contributed by atoms with Gasteiger partial charge in [-0.3, -0.25) is 9.18 Å². The van der Waals surface area contributed by atoms with Gasteiger partial charge in [0.25, 0.3) is 6.43 Å². The van der Waals surface area contributed by atoms with Crippen LogP contribution in [0.1, 0.15) is 47.7 Å². The Morgan fingerprint density at radius 2 is 1.76 bits per heavy atom. The summed E-state index contributed by atoms with van der Waals surface area (Å²) in [4.78, 5) is 14.9. The van der Waals surface area contributed by atoms with E-state index < -0.39 is 55.5 Å². The number of benzene rings is 2. The van der Waals surface area contributed by atoms with Crippen molar-refractivity contribution < 1.29 is 36.2 Å². The van der Waals surface area contributed by atoms with Gasteiger partial charge in [-0.25, -0.2) is 22.0 Å². The minimum Gasteiger partial charge on any atom is -0.386 e. The fourth-order valence-corrected chi connectivity index (χ4v) is 4.08. The van der Waals surface area contributed by atoms with E-state index in [0.717, 1.165) is 6.07 Å². The molecule has 0 aliphatic rings. The molecular weight excluding hydrogens is 450 g/mol. The van der Waals surface area contributed by atoms with Gasteiger partial charge in [-0.15, -0.1) is 0 Å². The second kappa shape index (κ2) is 9.24. The number of carbonyl (C=O) groups excluding carboxylic acids is 1. The normalized spacial score (nSPS) is 16.3. The number of aromatic amines is 1.